The number of esters is 1. The lowest BCUT2D eigenvalue weighted by atomic mass is 9.69. The molecule has 0 aromatic carbocycles. The van der Waals surface area contributed by atoms with Crippen molar-refractivity contribution < 1.29 is 9.53 Å². The third-order valence-corrected chi connectivity index (χ3v) is 3.57. The van der Waals surface area contributed by atoms with Crippen LogP contribution in [0, 0.1) is 23.7 Å². The molecule has 4 atom stereocenters. The van der Waals surface area contributed by atoms with Crippen LogP contribution in [0.5, 0.6) is 0 Å². The van der Waals surface area contributed by atoms with Crippen molar-refractivity contribution in [2.75, 3.05) is 6.61 Å². The Morgan fingerprint density at radius 2 is 1.92 bits per heavy atom. The lowest BCUT2D eigenvalue weighted by Crippen LogP contribution is -2.32. The minimum atomic E-state index is 0.0547. The number of fused-ring (bicyclic) bond motifs is 1. The third kappa shape index (κ3) is 1.05. The van der Waals surface area contributed by atoms with Crippen LogP contribution < -0.4 is 0 Å². The predicted molar refractivity (Wildman–Crippen MR) is 45.5 cm³/mol. The molecular weight excluding hydrogens is 152 g/mol. The van der Waals surface area contributed by atoms with E-state index < -0.39 is 0 Å². The van der Waals surface area contributed by atoms with Crippen molar-refractivity contribution in [2.24, 2.45) is 23.7 Å². The van der Waals surface area contributed by atoms with Crippen molar-refractivity contribution in [3.05, 3.63) is 0 Å². The summed E-state index contributed by atoms with van der Waals surface area (Å²) in [5.41, 5.74) is 0. The maximum atomic E-state index is 11.3. The summed E-state index contributed by atoms with van der Waals surface area (Å²) >= 11 is 0. The standard InChI is InChI=1S/C10H16O2/c1-6-3-4-7(2)9-8(6)5-12-10(9)11/h6-9H,3-5H2,1-2H3. The first-order chi connectivity index (χ1) is 5.70. The average molecular weight is 168 g/mol. The number of hydrogen-bond acceptors (Lipinski definition) is 2. The zero-order chi connectivity index (χ0) is 8.72. The van der Waals surface area contributed by atoms with Gasteiger partial charge in [0.25, 0.3) is 0 Å². The first kappa shape index (κ1) is 8.09. The zero-order valence-electron chi connectivity index (χ0n) is 7.75. The molecule has 0 spiro atoms. The number of carbonyl (C=O) groups is 1. The Labute approximate surface area is 73.3 Å². The summed E-state index contributed by atoms with van der Waals surface area (Å²) in [6.45, 7) is 5.09. The Morgan fingerprint density at radius 3 is 2.58 bits per heavy atom. The van der Waals surface area contributed by atoms with Gasteiger partial charge >= 0.3 is 5.97 Å². The van der Waals surface area contributed by atoms with E-state index in [1.54, 1.807) is 0 Å². The van der Waals surface area contributed by atoms with Gasteiger partial charge in [0.05, 0.1) is 12.5 Å². The quantitative estimate of drug-likeness (QED) is 0.516. The van der Waals surface area contributed by atoms with Gasteiger partial charge in [-0.1, -0.05) is 20.3 Å². The Bertz CT molecular complexity index is 200. The van der Waals surface area contributed by atoms with Crippen LogP contribution in [0.3, 0.4) is 0 Å². The minimum Gasteiger partial charge on any atom is -0.465 e. The van der Waals surface area contributed by atoms with Gasteiger partial charge in [-0.2, -0.15) is 0 Å². The maximum Gasteiger partial charge on any atom is 0.309 e. The van der Waals surface area contributed by atoms with Crippen molar-refractivity contribution >= 4 is 5.97 Å². The number of rotatable bonds is 0. The van der Waals surface area contributed by atoms with Gasteiger partial charge in [-0.15, -0.1) is 0 Å². The van der Waals surface area contributed by atoms with Gasteiger partial charge in [0.1, 0.15) is 0 Å². The topological polar surface area (TPSA) is 26.3 Å². The number of hydrogen-bond donors (Lipinski definition) is 0. The summed E-state index contributed by atoms with van der Waals surface area (Å²) in [5.74, 6) is 2.01. The van der Waals surface area contributed by atoms with E-state index in [9.17, 15) is 4.79 Å². The summed E-state index contributed by atoms with van der Waals surface area (Å²) in [6, 6.07) is 0. The fourth-order valence-corrected chi connectivity index (χ4v) is 2.64. The van der Waals surface area contributed by atoms with E-state index >= 15 is 0 Å². The fourth-order valence-electron chi connectivity index (χ4n) is 2.64. The molecule has 0 aromatic heterocycles. The Hall–Kier alpha value is -0.530. The van der Waals surface area contributed by atoms with Crippen LogP contribution in [-0.4, -0.2) is 12.6 Å². The molecule has 1 heterocycles. The van der Waals surface area contributed by atoms with E-state index in [2.05, 4.69) is 13.8 Å². The molecule has 2 aliphatic rings. The molecule has 2 heteroatoms. The Balaban J connectivity index is 2.18. The van der Waals surface area contributed by atoms with Crippen molar-refractivity contribution in [1.29, 1.82) is 0 Å². The average Bonchev–Trinajstić information content (AvgIpc) is 2.42. The molecule has 2 fully saturated rings. The molecule has 0 aromatic rings. The summed E-state index contributed by atoms with van der Waals surface area (Å²) in [5, 5.41) is 0. The molecule has 1 saturated heterocycles. The summed E-state index contributed by atoms with van der Waals surface area (Å²) < 4.78 is 5.10. The largest absolute Gasteiger partial charge is 0.465 e. The molecule has 0 N–H and O–H groups in total. The van der Waals surface area contributed by atoms with E-state index in [1.165, 1.54) is 12.8 Å². The van der Waals surface area contributed by atoms with Crippen LogP contribution in [0.4, 0.5) is 0 Å². The monoisotopic (exact) mass is 168 g/mol. The van der Waals surface area contributed by atoms with E-state index in [1.807, 2.05) is 0 Å². The number of carbonyl (C=O) groups excluding carboxylic acids is 1. The molecule has 0 radical (unpaired) electrons. The van der Waals surface area contributed by atoms with Crippen LogP contribution in [0.1, 0.15) is 26.7 Å². The molecule has 0 amide bonds. The second-order valence-corrected chi connectivity index (χ2v) is 4.35. The van der Waals surface area contributed by atoms with Crippen LogP contribution in [0.15, 0.2) is 0 Å². The zero-order valence-corrected chi connectivity index (χ0v) is 7.75. The molecule has 0 bridgehead atoms. The molecule has 2 nitrogen and oxygen atoms in total. The Morgan fingerprint density at radius 1 is 1.25 bits per heavy atom. The van der Waals surface area contributed by atoms with E-state index in [-0.39, 0.29) is 11.9 Å². The van der Waals surface area contributed by atoms with E-state index in [4.69, 9.17) is 4.74 Å². The van der Waals surface area contributed by atoms with Crippen molar-refractivity contribution in [1.82, 2.24) is 0 Å². The van der Waals surface area contributed by atoms with E-state index in [0.29, 0.717) is 24.4 Å². The highest BCUT2D eigenvalue weighted by Crippen LogP contribution is 2.42. The van der Waals surface area contributed by atoms with Crippen LogP contribution in [0.2, 0.25) is 0 Å². The molecule has 12 heavy (non-hydrogen) atoms. The molecule has 1 saturated carbocycles. The molecule has 4 unspecified atom stereocenters. The molecule has 1 aliphatic carbocycles. The van der Waals surface area contributed by atoms with Gasteiger partial charge in [-0.3, -0.25) is 4.79 Å². The molecule has 68 valence electrons. The second kappa shape index (κ2) is 2.75. The molecule has 1 aliphatic heterocycles. The normalized spacial score (nSPS) is 47.0. The lowest BCUT2D eigenvalue weighted by Gasteiger charge is -2.32. The number of cyclic esters (lactones) is 1. The van der Waals surface area contributed by atoms with Gasteiger partial charge in [0, 0.05) is 5.92 Å². The SMILES string of the molecule is CC1CCC(C)C2C(=O)OCC12. The lowest BCUT2D eigenvalue weighted by molar-refractivity contribution is -0.142. The molecular formula is C10H16O2. The van der Waals surface area contributed by atoms with Gasteiger partial charge in [0.15, 0.2) is 0 Å². The van der Waals surface area contributed by atoms with Crippen molar-refractivity contribution in [3.8, 4) is 0 Å². The Kier molecular flexibility index (Phi) is 1.85. The molecule has 2 rings (SSSR count). The van der Waals surface area contributed by atoms with Gasteiger partial charge in [-0.25, -0.2) is 0 Å². The van der Waals surface area contributed by atoms with Gasteiger partial charge < -0.3 is 4.74 Å². The highest BCUT2D eigenvalue weighted by Gasteiger charge is 2.45. The second-order valence-electron chi connectivity index (χ2n) is 4.35. The van der Waals surface area contributed by atoms with Crippen LogP contribution in [0.25, 0.3) is 0 Å². The smallest absolute Gasteiger partial charge is 0.309 e. The van der Waals surface area contributed by atoms with Crippen LogP contribution >= 0.6 is 0 Å². The predicted octanol–water partition coefficient (Wildman–Crippen LogP) is 1.84. The summed E-state index contributed by atoms with van der Waals surface area (Å²) in [4.78, 5) is 11.3. The van der Waals surface area contributed by atoms with Gasteiger partial charge in [-0.05, 0) is 18.3 Å². The van der Waals surface area contributed by atoms with Crippen LogP contribution in [-0.2, 0) is 9.53 Å². The minimum absolute atomic E-state index is 0.0547. The fraction of sp³-hybridized carbons (Fsp3) is 0.900. The number of ether oxygens (including phenoxy) is 1. The highest BCUT2D eigenvalue weighted by atomic mass is 16.5. The van der Waals surface area contributed by atoms with Gasteiger partial charge in [0.2, 0.25) is 0 Å². The highest BCUT2D eigenvalue weighted by molar-refractivity contribution is 5.75. The summed E-state index contributed by atoms with van der Waals surface area (Å²) in [6.07, 6.45) is 2.45. The first-order valence-corrected chi connectivity index (χ1v) is 4.87. The van der Waals surface area contributed by atoms with Crippen molar-refractivity contribution in [3.63, 3.8) is 0 Å². The third-order valence-electron chi connectivity index (χ3n) is 3.57. The summed E-state index contributed by atoms with van der Waals surface area (Å²) in [7, 11) is 0. The van der Waals surface area contributed by atoms with E-state index in [0.717, 1.165) is 0 Å². The maximum absolute atomic E-state index is 11.3. The first-order valence-electron chi connectivity index (χ1n) is 4.87. The van der Waals surface area contributed by atoms with Crippen molar-refractivity contribution in [2.45, 2.75) is 26.7 Å².